The fraction of sp³-hybridized carbons (Fsp3) is 0.150. The number of carbonyl (C=O) groups is 2. The number of carbonyl (C=O) groups excluding carboxylic acids is 2. The first-order valence-corrected chi connectivity index (χ1v) is 9.10. The van der Waals surface area contributed by atoms with Crippen molar-refractivity contribution in [3.8, 4) is 5.75 Å². The average Bonchev–Trinajstić information content (AvgIpc) is 2.95. The number of rotatable bonds is 4. The van der Waals surface area contributed by atoms with Gasteiger partial charge in [0.05, 0.1) is 11.2 Å². The molecular weight excluding hydrogens is 423 g/mol. The monoisotopic (exact) mass is 435 g/mol. The van der Waals surface area contributed by atoms with Crippen LogP contribution in [-0.4, -0.2) is 34.7 Å². The van der Waals surface area contributed by atoms with E-state index in [1.807, 2.05) is 0 Å². The smallest absolute Gasteiger partial charge is 0.406 e. The van der Waals surface area contributed by atoms with Crippen LogP contribution >= 0.6 is 11.6 Å². The van der Waals surface area contributed by atoms with Crippen molar-refractivity contribution in [2.75, 3.05) is 11.4 Å². The summed E-state index contributed by atoms with van der Waals surface area (Å²) in [6.45, 7) is -0.0142. The molecule has 0 bridgehead atoms. The molecule has 1 fully saturated rings. The van der Waals surface area contributed by atoms with Gasteiger partial charge < -0.3 is 9.64 Å². The van der Waals surface area contributed by atoms with Gasteiger partial charge in [-0.25, -0.2) is 9.69 Å². The van der Waals surface area contributed by atoms with E-state index in [1.165, 1.54) is 17.0 Å². The summed E-state index contributed by atoms with van der Waals surface area (Å²) in [5.41, 5.74) is 1.62. The van der Waals surface area contributed by atoms with Crippen molar-refractivity contribution >= 4 is 40.1 Å². The number of halogens is 4. The Balaban J connectivity index is 1.56. The van der Waals surface area contributed by atoms with Crippen molar-refractivity contribution in [3.05, 3.63) is 65.3 Å². The van der Waals surface area contributed by atoms with Gasteiger partial charge in [-0.1, -0.05) is 11.6 Å². The highest BCUT2D eigenvalue weighted by Gasteiger charge is 2.37. The van der Waals surface area contributed by atoms with Gasteiger partial charge in [-0.2, -0.15) is 0 Å². The number of alkyl halides is 3. The molecule has 1 aliphatic rings. The Morgan fingerprint density at radius 3 is 2.50 bits per heavy atom. The van der Waals surface area contributed by atoms with Gasteiger partial charge in [0.1, 0.15) is 12.3 Å². The van der Waals surface area contributed by atoms with Gasteiger partial charge >= 0.3 is 12.4 Å². The molecule has 4 rings (SSSR count). The lowest BCUT2D eigenvalue weighted by Crippen LogP contribution is -2.32. The van der Waals surface area contributed by atoms with Crippen LogP contribution in [0.25, 0.3) is 10.9 Å². The molecule has 1 aliphatic heterocycles. The number of amides is 3. The van der Waals surface area contributed by atoms with E-state index in [1.54, 1.807) is 30.5 Å². The van der Waals surface area contributed by atoms with Crippen LogP contribution in [-0.2, 0) is 11.3 Å². The number of urea groups is 1. The molecule has 0 radical (unpaired) electrons. The lowest BCUT2D eigenvalue weighted by molar-refractivity contribution is -0.274. The van der Waals surface area contributed by atoms with Crippen LogP contribution in [0, 0.1) is 0 Å². The second-order valence-electron chi connectivity index (χ2n) is 6.54. The molecule has 3 aromatic rings. The predicted octanol–water partition coefficient (Wildman–Crippen LogP) is 4.76. The third kappa shape index (κ3) is 4.02. The van der Waals surface area contributed by atoms with Crippen molar-refractivity contribution < 1.29 is 27.5 Å². The summed E-state index contributed by atoms with van der Waals surface area (Å²) in [5, 5.41) is 1.28. The zero-order chi connectivity index (χ0) is 21.5. The number of benzene rings is 2. The molecule has 3 amide bonds. The number of hydrogen-bond acceptors (Lipinski definition) is 4. The maximum Gasteiger partial charge on any atom is 0.573 e. The SMILES string of the molecule is O=C1CN(Cc2ccnc3ccc(Cl)cc23)C(=O)N1c1ccc(OC(F)(F)F)cc1. The second kappa shape index (κ2) is 7.49. The van der Waals surface area contributed by atoms with Crippen molar-refractivity contribution in [1.82, 2.24) is 9.88 Å². The van der Waals surface area contributed by atoms with E-state index >= 15 is 0 Å². The van der Waals surface area contributed by atoms with Crippen LogP contribution in [0.15, 0.2) is 54.7 Å². The van der Waals surface area contributed by atoms with Crippen molar-refractivity contribution in [3.63, 3.8) is 0 Å². The molecule has 154 valence electrons. The van der Waals surface area contributed by atoms with E-state index < -0.39 is 24.1 Å². The molecule has 10 heteroatoms. The molecule has 1 saturated heterocycles. The van der Waals surface area contributed by atoms with Gasteiger partial charge in [-0.15, -0.1) is 13.2 Å². The molecule has 1 aromatic heterocycles. The van der Waals surface area contributed by atoms with Crippen molar-refractivity contribution in [1.29, 1.82) is 0 Å². The van der Waals surface area contributed by atoms with Crippen molar-refractivity contribution in [2.24, 2.45) is 0 Å². The fourth-order valence-electron chi connectivity index (χ4n) is 3.24. The van der Waals surface area contributed by atoms with Gasteiger partial charge in [0.25, 0.3) is 5.91 Å². The van der Waals surface area contributed by atoms with E-state index in [9.17, 15) is 22.8 Å². The maximum absolute atomic E-state index is 12.8. The van der Waals surface area contributed by atoms with E-state index in [-0.39, 0.29) is 18.8 Å². The first kappa shape index (κ1) is 20.0. The van der Waals surface area contributed by atoms with Crippen LogP contribution < -0.4 is 9.64 Å². The van der Waals surface area contributed by atoms with Crippen LogP contribution in [0.2, 0.25) is 5.02 Å². The zero-order valence-electron chi connectivity index (χ0n) is 15.2. The number of hydrogen-bond donors (Lipinski definition) is 0. The average molecular weight is 436 g/mol. The summed E-state index contributed by atoms with van der Waals surface area (Å²) in [5.74, 6) is -0.928. The number of anilines is 1. The minimum absolute atomic E-state index is 0.149. The summed E-state index contributed by atoms with van der Waals surface area (Å²) in [6, 6.07) is 10.9. The Labute approximate surface area is 173 Å². The van der Waals surface area contributed by atoms with Gasteiger partial charge in [0.2, 0.25) is 0 Å². The number of imide groups is 1. The number of fused-ring (bicyclic) bond motifs is 1. The summed E-state index contributed by atoms with van der Waals surface area (Å²) in [6.07, 6.45) is -3.22. The third-order valence-electron chi connectivity index (χ3n) is 4.52. The van der Waals surface area contributed by atoms with Crippen LogP contribution in [0.3, 0.4) is 0 Å². The minimum atomic E-state index is -4.83. The molecular formula is C20H13ClF3N3O3. The van der Waals surface area contributed by atoms with E-state index in [0.29, 0.717) is 10.5 Å². The molecule has 0 saturated carbocycles. The lowest BCUT2D eigenvalue weighted by atomic mass is 10.1. The summed E-state index contributed by atoms with van der Waals surface area (Å²) < 4.78 is 40.7. The molecule has 0 atom stereocenters. The normalized spacial score (nSPS) is 14.7. The molecule has 0 N–H and O–H groups in total. The number of pyridine rings is 1. The fourth-order valence-corrected chi connectivity index (χ4v) is 3.42. The molecule has 2 heterocycles. The van der Waals surface area contributed by atoms with Gasteiger partial charge in [-0.05, 0) is 54.1 Å². The largest absolute Gasteiger partial charge is 0.573 e. The zero-order valence-corrected chi connectivity index (χ0v) is 15.9. The lowest BCUT2D eigenvalue weighted by Gasteiger charge is -2.18. The van der Waals surface area contributed by atoms with E-state index in [0.717, 1.165) is 28.0 Å². The van der Waals surface area contributed by atoms with Gasteiger partial charge in [-0.3, -0.25) is 9.78 Å². The quantitative estimate of drug-likeness (QED) is 0.554. The highest BCUT2D eigenvalue weighted by Crippen LogP contribution is 2.29. The first-order chi connectivity index (χ1) is 14.2. The Morgan fingerprint density at radius 1 is 1.07 bits per heavy atom. The standard InChI is InChI=1S/C20H13ClF3N3O3/c21-13-1-6-17-16(9-13)12(7-8-25-17)10-26-11-18(28)27(19(26)29)14-2-4-15(5-3-14)30-20(22,23)24/h1-9H,10-11H2. The van der Waals surface area contributed by atoms with Crippen LogP contribution in [0.4, 0.5) is 23.7 Å². The summed E-state index contributed by atoms with van der Waals surface area (Å²) in [7, 11) is 0. The van der Waals surface area contributed by atoms with Gasteiger partial charge in [0, 0.05) is 23.2 Å². The Bertz CT molecular complexity index is 1140. The number of ether oxygens (including phenoxy) is 1. The predicted molar refractivity (Wildman–Crippen MR) is 103 cm³/mol. The molecule has 6 nitrogen and oxygen atoms in total. The highest BCUT2D eigenvalue weighted by molar-refractivity contribution is 6.31. The Hall–Kier alpha value is -3.33. The molecule has 0 spiro atoms. The topological polar surface area (TPSA) is 62.7 Å². The first-order valence-electron chi connectivity index (χ1n) is 8.72. The van der Waals surface area contributed by atoms with Crippen LogP contribution in [0.5, 0.6) is 5.75 Å². The highest BCUT2D eigenvalue weighted by atomic mass is 35.5. The second-order valence-corrected chi connectivity index (χ2v) is 6.98. The minimum Gasteiger partial charge on any atom is -0.406 e. The molecule has 2 aromatic carbocycles. The van der Waals surface area contributed by atoms with E-state index in [2.05, 4.69) is 9.72 Å². The summed E-state index contributed by atoms with van der Waals surface area (Å²) >= 11 is 6.06. The summed E-state index contributed by atoms with van der Waals surface area (Å²) in [4.78, 5) is 31.8. The Kier molecular flexibility index (Phi) is 4.98. The maximum atomic E-state index is 12.8. The molecule has 0 unspecified atom stereocenters. The molecule has 30 heavy (non-hydrogen) atoms. The number of nitrogens with zero attached hydrogens (tertiary/aromatic N) is 3. The van der Waals surface area contributed by atoms with Gasteiger partial charge in [0.15, 0.2) is 0 Å². The molecule has 0 aliphatic carbocycles. The van der Waals surface area contributed by atoms with E-state index in [4.69, 9.17) is 11.6 Å². The van der Waals surface area contributed by atoms with Crippen molar-refractivity contribution in [2.45, 2.75) is 12.9 Å². The number of aromatic nitrogens is 1. The Morgan fingerprint density at radius 2 is 1.80 bits per heavy atom. The third-order valence-corrected chi connectivity index (χ3v) is 4.76. The van der Waals surface area contributed by atoms with Crippen LogP contribution in [0.1, 0.15) is 5.56 Å².